The summed E-state index contributed by atoms with van der Waals surface area (Å²) >= 11 is 6.14. The number of benzene rings is 1. The minimum Gasteiger partial charge on any atom is -0.482 e. The smallest absolute Gasteiger partial charge is 0.257 e. The Hall–Kier alpha value is -1.31. The number of carbonyl (C=O) groups excluding carboxylic acids is 1. The molecule has 2 rings (SSSR count). The van der Waals surface area contributed by atoms with E-state index in [1.807, 2.05) is 6.92 Å². The lowest BCUT2D eigenvalue weighted by atomic mass is 10.2. The van der Waals surface area contributed by atoms with Crippen molar-refractivity contribution in [3.05, 3.63) is 23.2 Å². The van der Waals surface area contributed by atoms with Gasteiger partial charge in [-0.05, 0) is 37.5 Å². The Morgan fingerprint density at radius 1 is 1.28 bits per heavy atom. The van der Waals surface area contributed by atoms with E-state index in [9.17, 15) is 13.2 Å². The molecule has 1 amide bonds. The molecule has 0 aliphatic carbocycles. The number of carbonyl (C=O) groups is 1. The van der Waals surface area contributed by atoms with Crippen LogP contribution in [0.4, 0.5) is 0 Å². The number of sulfonamides is 1. The van der Waals surface area contributed by atoms with E-state index in [-0.39, 0.29) is 22.4 Å². The largest absolute Gasteiger partial charge is 0.482 e. The van der Waals surface area contributed by atoms with Crippen LogP contribution < -0.4 is 10.1 Å². The molecule has 0 bridgehead atoms. The summed E-state index contributed by atoms with van der Waals surface area (Å²) in [6.45, 7) is 3.58. The molecule has 1 aromatic carbocycles. The van der Waals surface area contributed by atoms with Crippen LogP contribution in [-0.2, 0) is 14.8 Å². The highest BCUT2D eigenvalue weighted by atomic mass is 35.5. The van der Waals surface area contributed by atoms with Gasteiger partial charge < -0.3 is 10.1 Å². The van der Waals surface area contributed by atoms with Crippen LogP contribution >= 0.6 is 11.6 Å². The predicted molar refractivity (Wildman–Crippen MR) is 97.5 cm³/mol. The van der Waals surface area contributed by atoms with Crippen LogP contribution in [0.1, 0.15) is 39.0 Å². The molecule has 0 aromatic heterocycles. The lowest BCUT2D eigenvalue weighted by Gasteiger charge is -2.26. The van der Waals surface area contributed by atoms with Gasteiger partial charge in [0.1, 0.15) is 5.75 Å². The highest BCUT2D eigenvalue weighted by Gasteiger charge is 2.26. The predicted octanol–water partition coefficient (Wildman–Crippen LogP) is 2.81. The van der Waals surface area contributed by atoms with Crippen LogP contribution in [0.2, 0.25) is 5.02 Å². The third kappa shape index (κ3) is 5.59. The summed E-state index contributed by atoms with van der Waals surface area (Å²) < 4.78 is 32.1. The quantitative estimate of drug-likeness (QED) is 0.695. The fourth-order valence-corrected chi connectivity index (χ4v) is 4.46. The van der Waals surface area contributed by atoms with Gasteiger partial charge in [0, 0.05) is 19.6 Å². The average molecular weight is 389 g/mol. The van der Waals surface area contributed by atoms with Crippen molar-refractivity contribution in [3.63, 3.8) is 0 Å². The Morgan fingerprint density at radius 3 is 2.64 bits per heavy atom. The lowest BCUT2D eigenvalue weighted by molar-refractivity contribution is -0.123. The number of hydrogen-bond acceptors (Lipinski definition) is 4. The summed E-state index contributed by atoms with van der Waals surface area (Å²) in [5, 5.41) is 2.92. The van der Waals surface area contributed by atoms with Crippen molar-refractivity contribution < 1.29 is 17.9 Å². The summed E-state index contributed by atoms with van der Waals surface area (Å²) in [4.78, 5) is 11.8. The average Bonchev–Trinajstić information content (AvgIpc) is 2.61. The molecular weight excluding hydrogens is 364 g/mol. The molecule has 0 atom stereocenters. The number of halogens is 1. The van der Waals surface area contributed by atoms with E-state index in [2.05, 4.69) is 5.32 Å². The van der Waals surface area contributed by atoms with E-state index in [0.717, 1.165) is 32.1 Å². The van der Waals surface area contributed by atoms with Crippen LogP contribution in [0.25, 0.3) is 0 Å². The molecule has 0 radical (unpaired) electrons. The van der Waals surface area contributed by atoms with E-state index in [4.69, 9.17) is 16.3 Å². The van der Waals surface area contributed by atoms with Crippen molar-refractivity contribution in [1.29, 1.82) is 0 Å². The van der Waals surface area contributed by atoms with Gasteiger partial charge in [-0.25, -0.2) is 8.42 Å². The SMILES string of the molecule is CCCCNC(=O)COc1ccc(S(=O)(=O)N2CCCCC2)cc1Cl. The molecule has 1 saturated heterocycles. The first-order valence-corrected chi connectivity index (χ1v) is 10.5. The molecule has 8 heteroatoms. The van der Waals surface area contributed by atoms with Crippen LogP contribution in [0.3, 0.4) is 0 Å². The number of ether oxygens (including phenoxy) is 1. The van der Waals surface area contributed by atoms with Gasteiger partial charge in [-0.3, -0.25) is 4.79 Å². The molecule has 1 aromatic rings. The van der Waals surface area contributed by atoms with Crippen molar-refractivity contribution in [2.45, 2.75) is 43.9 Å². The second-order valence-electron chi connectivity index (χ2n) is 6.05. The second-order valence-corrected chi connectivity index (χ2v) is 8.39. The summed E-state index contributed by atoms with van der Waals surface area (Å²) in [5.41, 5.74) is 0. The minimum atomic E-state index is -3.53. The molecule has 1 fully saturated rings. The van der Waals surface area contributed by atoms with Gasteiger partial charge in [-0.2, -0.15) is 4.31 Å². The van der Waals surface area contributed by atoms with Gasteiger partial charge >= 0.3 is 0 Å². The van der Waals surface area contributed by atoms with E-state index in [1.54, 1.807) is 0 Å². The number of nitrogens with one attached hydrogen (secondary N) is 1. The van der Waals surface area contributed by atoms with Crippen LogP contribution in [0.5, 0.6) is 5.75 Å². The number of nitrogens with zero attached hydrogens (tertiary/aromatic N) is 1. The fraction of sp³-hybridized carbons (Fsp3) is 0.588. The molecule has 1 aliphatic heterocycles. The molecule has 1 aliphatic rings. The molecule has 6 nitrogen and oxygen atoms in total. The number of hydrogen-bond donors (Lipinski definition) is 1. The zero-order valence-electron chi connectivity index (χ0n) is 14.5. The third-order valence-electron chi connectivity index (χ3n) is 4.07. The molecule has 0 unspecified atom stereocenters. The van der Waals surface area contributed by atoms with Crippen molar-refractivity contribution >= 4 is 27.5 Å². The standard InChI is InChI=1S/C17H25ClN2O4S/c1-2-3-9-19-17(21)13-24-16-8-7-14(12-15(16)18)25(22,23)20-10-5-4-6-11-20/h7-8,12H,2-6,9-11,13H2,1H3,(H,19,21). The van der Waals surface area contributed by atoms with Crippen molar-refractivity contribution in [2.24, 2.45) is 0 Å². The first kappa shape index (κ1) is 20.0. The summed E-state index contributed by atoms with van der Waals surface area (Å²) in [7, 11) is -3.53. The molecular formula is C17H25ClN2O4S. The zero-order valence-corrected chi connectivity index (χ0v) is 16.0. The number of piperidine rings is 1. The third-order valence-corrected chi connectivity index (χ3v) is 6.26. The van der Waals surface area contributed by atoms with E-state index >= 15 is 0 Å². The highest BCUT2D eigenvalue weighted by Crippen LogP contribution is 2.29. The van der Waals surface area contributed by atoms with E-state index < -0.39 is 10.0 Å². The minimum absolute atomic E-state index is 0.151. The monoisotopic (exact) mass is 388 g/mol. The molecule has 140 valence electrons. The van der Waals surface area contributed by atoms with Gasteiger partial charge in [-0.1, -0.05) is 31.4 Å². The van der Waals surface area contributed by atoms with Gasteiger partial charge in [-0.15, -0.1) is 0 Å². The van der Waals surface area contributed by atoms with Crippen molar-refractivity contribution in [2.75, 3.05) is 26.2 Å². The van der Waals surface area contributed by atoms with E-state index in [1.165, 1.54) is 22.5 Å². The number of unbranched alkanes of at least 4 members (excludes halogenated alkanes) is 1. The lowest BCUT2D eigenvalue weighted by Crippen LogP contribution is -2.35. The second kappa shape index (κ2) is 9.40. The van der Waals surface area contributed by atoms with Crippen molar-refractivity contribution in [3.8, 4) is 5.75 Å². The summed E-state index contributed by atoms with van der Waals surface area (Å²) in [5.74, 6) is 0.0689. The summed E-state index contributed by atoms with van der Waals surface area (Å²) in [6.07, 6.45) is 4.72. The highest BCUT2D eigenvalue weighted by molar-refractivity contribution is 7.89. The van der Waals surface area contributed by atoms with Crippen LogP contribution in [0.15, 0.2) is 23.1 Å². The molecule has 1 N–H and O–H groups in total. The van der Waals surface area contributed by atoms with Gasteiger partial charge in [0.15, 0.2) is 6.61 Å². The normalized spacial score (nSPS) is 15.8. The van der Waals surface area contributed by atoms with Gasteiger partial charge in [0.25, 0.3) is 5.91 Å². The van der Waals surface area contributed by atoms with Crippen molar-refractivity contribution in [1.82, 2.24) is 9.62 Å². The number of amides is 1. The first-order chi connectivity index (χ1) is 11.9. The fourth-order valence-electron chi connectivity index (χ4n) is 2.61. The molecule has 0 saturated carbocycles. The first-order valence-electron chi connectivity index (χ1n) is 8.64. The van der Waals surface area contributed by atoms with Crippen LogP contribution in [-0.4, -0.2) is 44.9 Å². The Morgan fingerprint density at radius 2 is 2.00 bits per heavy atom. The van der Waals surface area contributed by atoms with Gasteiger partial charge in [0.2, 0.25) is 10.0 Å². The van der Waals surface area contributed by atoms with Gasteiger partial charge in [0.05, 0.1) is 9.92 Å². The maximum absolute atomic E-state index is 12.6. The zero-order chi connectivity index (χ0) is 18.3. The topological polar surface area (TPSA) is 75.7 Å². The Labute approximate surface area is 154 Å². The Balaban J connectivity index is 1.99. The summed E-state index contributed by atoms with van der Waals surface area (Å²) in [6, 6.07) is 4.36. The molecule has 0 spiro atoms. The molecule has 1 heterocycles. The van der Waals surface area contributed by atoms with E-state index in [0.29, 0.717) is 25.4 Å². The van der Waals surface area contributed by atoms with Crippen LogP contribution in [0, 0.1) is 0 Å². The maximum Gasteiger partial charge on any atom is 0.257 e. The number of rotatable bonds is 8. The molecule has 25 heavy (non-hydrogen) atoms. The Bertz CT molecular complexity index is 688. The maximum atomic E-state index is 12.6. The Kier molecular flexibility index (Phi) is 7.53.